The predicted molar refractivity (Wildman–Crippen MR) is 102 cm³/mol. The molecule has 3 aromatic rings. The number of ether oxygens (including phenoxy) is 2. The van der Waals surface area contributed by atoms with E-state index in [0.29, 0.717) is 21.0 Å². The molecule has 0 heterocycles. The highest BCUT2D eigenvalue weighted by Gasteiger charge is 2.12. The Kier molecular flexibility index (Phi) is 5.74. The van der Waals surface area contributed by atoms with Gasteiger partial charge in [0.15, 0.2) is 6.61 Å². The van der Waals surface area contributed by atoms with E-state index in [9.17, 15) is 4.79 Å². The minimum Gasteiger partial charge on any atom is -0.481 e. The Morgan fingerprint density at radius 3 is 2.40 bits per heavy atom. The van der Waals surface area contributed by atoms with Gasteiger partial charge in [-0.2, -0.15) is 0 Å². The smallest absolute Gasteiger partial charge is 0.349 e. The van der Waals surface area contributed by atoms with Crippen molar-refractivity contribution in [2.75, 3.05) is 6.61 Å². The van der Waals surface area contributed by atoms with Crippen molar-refractivity contribution in [3.63, 3.8) is 0 Å². The zero-order valence-corrected chi connectivity index (χ0v) is 15.5. The lowest BCUT2D eigenvalue weighted by molar-refractivity contribution is -0.136. The maximum atomic E-state index is 12.2. The minimum atomic E-state index is -0.481. The number of para-hydroxylation sites is 1. The van der Waals surface area contributed by atoms with Crippen LogP contribution in [0.15, 0.2) is 77.3 Å². The molecule has 0 fully saturated rings. The van der Waals surface area contributed by atoms with Crippen LogP contribution in [0.5, 0.6) is 11.5 Å². The number of esters is 1. The first-order valence-corrected chi connectivity index (χ1v) is 8.73. The molecule has 0 saturated heterocycles. The van der Waals surface area contributed by atoms with Gasteiger partial charge in [-0.15, -0.1) is 0 Å². The van der Waals surface area contributed by atoms with Gasteiger partial charge < -0.3 is 9.47 Å². The fourth-order valence-corrected chi connectivity index (χ4v) is 3.09. The Labute approximate surface area is 159 Å². The van der Waals surface area contributed by atoms with Gasteiger partial charge in [0.1, 0.15) is 11.5 Å². The van der Waals surface area contributed by atoms with Gasteiger partial charge in [0, 0.05) is 10.6 Å². The van der Waals surface area contributed by atoms with Gasteiger partial charge in [0.05, 0.1) is 4.47 Å². The van der Waals surface area contributed by atoms with Gasteiger partial charge >= 0.3 is 5.97 Å². The zero-order chi connectivity index (χ0) is 17.6. The van der Waals surface area contributed by atoms with Crippen LogP contribution < -0.4 is 9.47 Å². The molecule has 0 aliphatic heterocycles. The lowest BCUT2D eigenvalue weighted by Crippen LogP contribution is -2.18. The van der Waals surface area contributed by atoms with Crippen molar-refractivity contribution in [1.29, 1.82) is 0 Å². The summed E-state index contributed by atoms with van der Waals surface area (Å²) in [7, 11) is 0. The van der Waals surface area contributed by atoms with Gasteiger partial charge in [-0.05, 0) is 45.8 Å². The highest BCUT2D eigenvalue weighted by Crippen LogP contribution is 2.30. The summed E-state index contributed by atoms with van der Waals surface area (Å²) >= 11 is 9.23. The molecule has 0 radical (unpaired) electrons. The van der Waals surface area contributed by atoms with Gasteiger partial charge in [-0.3, -0.25) is 0 Å². The summed E-state index contributed by atoms with van der Waals surface area (Å²) < 4.78 is 11.6. The summed E-state index contributed by atoms with van der Waals surface area (Å²) in [6.07, 6.45) is 0. The van der Waals surface area contributed by atoms with Crippen LogP contribution in [0.25, 0.3) is 11.1 Å². The molecule has 0 aliphatic rings. The first-order chi connectivity index (χ1) is 12.1. The lowest BCUT2D eigenvalue weighted by atomic mass is 10.1. The normalized spacial score (nSPS) is 10.3. The van der Waals surface area contributed by atoms with Crippen molar-refractivity contribution >= 4 is 33.5 Å². The van der Waals surface area contributed by atoms with E-state index < -0.39 is 5.97 Å². The first kappa shape index (κ1) is 17.5. The van der Waals surface area contributed by atoms with Crippen LogP contribution in [-0.2, 0) is 4.79 Å². The van der Waals surface area contributed by atoms with Crippen LogP contribution in [0.2, 0.25) is 5.02 Å². The standard InChI is InChI=1S/C20H14BrClO3/c21-17-12-15(22)10-11-19(17)24-13-20(23)25-18-9-5-4-8-16(18)14-6-2-1-3-7-14/h1-12H,13H2. The first-order valence-electron chi connectivity index (χ1n) is 7.56. The monoisotopic (exact) mass is 416 g/mol. The molecule has 5 heteroatoms. The second-order valence-corrected chi connectivity index (χ2v) is 6.49. The average molecular weight is 418 g/mol. The second-order valence-electron chi connectivity index (χ2n) is 5.20. The molecule has 0 aromatic heterocycles. The Morgan fingerprint density at radius 1 is 0.920 bits per heavy atom. The van der Waals surface area contributed by atoms with Crippen molar-refractivity contribution < 1.29 is 14.3 Å². The largest absolute Gasteiger partial charge is 0.481 e. The minimum absolute atomic E-state index is 0.205. The number of halogens is 2. The average Bonchev–Trinajstić information content (AvgIpc) is 2.62. The summed E-state index contributed by atoms with van der Waals surface area (Å²) in [6.45, 7) is -0.205. The molecule has 0 aliphatic carbocycles. The van der Waals surface area contributed by atoms with Crippen molar-refractivity contribution in [2.24, 2.45) is 0 Å². The SMILES string of the molecule is O=C(COc1ccc(Cl)cc1Br)Oc1ccccc1-c1ccccc1. The Balaban J connectivity index is 1.69. The molecule has 0 atom stereocenters. The fraction of sp³-hybridized carbons (Fsp3) is 0.0500. The molecule has 0 unspecified atom stereocenters. The molecular weight excluding hydrogens is 404 g/mol. The topological polar surface area (TPSA) is 35.5 Å². The summed E-state index contributed by atoms with van der Waals surface area (Å²) in [6, 6.07) is 22.2. The Hall–Kier alpha value is -2.30. The number of hydrogen-bond acceptors (Lipinski definition) is 3. The maximum absolute atomic E-state index is 12.2. The van der Waals surface area contributed by atoms with Gasteiger partial charge in [-0.25, -0.2) is 4.79 Å². The van der Waals surface area contributed by atoms with E-state index in [2.05, 4.69) is 15.9 Å². The maximum Gasteiger partial charge on any atom is 0.349 e. The van der Waals surface area contributed by atoms with Gasteiger partial charge in [0.2, 0.25) is 0 Å². The Morgan fingerprint density at radius 2 is 1.64 bits per heavy atom. The summed E-state index contributed by atoms with van der Waals surface area (Å²) in [5.74, 6) is 0.542. The number of rotatable bonds is 5. The van der Waals surface area contributed by atoms with Crippen molar-refractivity contribution in [3.8, 4) is 22.6 Å². The van der Waals surface area contributed by atoms with E-state index in [1.54, 1.807) is 24.3 Å². The number of carbonyl (C=O) groups is 1. The van der Waals surface area contributed by atoms with Crippen LogP contribution in [0.4, 0.5) is 0 Å². The molecule has 25 heavy (non-hydrogen) atoms. The highest BCUT2D eigenvalue weighted by molar-refractivity contribution is 9.10. The van der Waals surface area contributed by atoms with E-state index in [0.717, 1.165) is 11.1 Å². The molecule has 3 rings (SSSR count). The molecule has 0 N–H and O–H groups in total. The number of benzene rings is 3. The third-order valence-electron chi connectivity index (χ3n) is 3.44. The molecule has 0 amide bonds. The molecular formula is C20H14BrClO3. The summed E-state index contributed by atoms with van der Waals surface area (Å²) in [5, 5.41) is 0.582. The van der Waals surface area contributed by atoms with E-state index in [1.165, 1.54) is 0 Å². The van der Waals surface area contributed by atoms with Crippen LogP contribution in [0, 0.1) is 0 Å². The van der Waals surface area contributed by atoms with E-state index in [4.69, 9.17) is 21.1 Å². The van der Waals surface area contributed by atoms with E-state index in [-0.39, 0.29) is 6.61 Å². The molecule has 0 bridgehead atoms. The van der Waals surface area contributed by atoms with Crippen LogP contribution in [0.3, 0.4) is 0 Å². The van der Waals surface area contributed by atoms with Crippen LogP contribution >= 0.6 is 27.5 Å². The zero-order valence-electron chi connectivity index (χ0n) is 13.1. The number of carbonyl (C=O) groups excluding carboxylic acids is 1. The predicted octanol–water partition coefficient (Wildman–Crippen LogP) is 5.75. The molecule has 126 valence electrons. The van der Waals surface area contributed by atoms with Gasteiger partial charge in [0.25, 0.3) is 0 Å². The van der Waals surface area contributed by atoms with Crippen molar-refractivity contribution in [3.05, 3.63) is 82.3 Å². The highest BCUT2D eigenvalue weighted by atomic mass is 79.9. The number of hydrogen-bond donors (Lipinski definition) is 0. The molecule has 3 aromatic carbocycles. The molecule has 0 saturated carbocycles. The quantitative estimate of drug-likeness (QED) is 0.391. The second kappa shape index (κ2) is 8.19. The molecule has 0 spiro atoms. The van der Waals surface area contributed by atoms with Crippen LogP contribution in [-0.4, -0.2) is 12.6 Å². The Bertz CT molecular complexity index is 881. The summed E-state index contributed by atoms with van der Waals surface area (Å²) in [5.41, 5.74) is 1.83. The van der Waals surface area contributed by atoms with Crippen LogP contribution in [0.1, 0.15) is 0 Å². The third-order valence-corrected chi connectivity index (χ3v) is 4.29. The van der Waals surface area contributed by atoms with Crippen molar-refractivity contribution in [1.82, 2.24) is 0 Å². The van der Waals surface area contributed by atoms with Gasteiger partial charge in [-0.1, -0.05) is 60.1 Å². The fourth-order valence-electron chi connectivity index (χ4n) is 2.29. The molecule has 3 nitrogen and oxygen atoms in total. The van der Waals surface area contributed by atoms with E-state index >= 15 is 0 Å². The summed E-state index contributed by atoms with van der Waals surface area (Å²) in [4.78, 5) is 12.2. The van der Waals surface area contributed by atoms with E-state index in [1.807, 2.05) is 48.5 Å². The third kappa shape index (κ3) is 4.62. The van der Waals surface area contributed by atoms with Crippen molar-refractivity contribution in [2.45, 2.75) is 0 Å². The lowest BCUT2D eigenvalue weighted by Gasteiger charge is -2.11.